The minimum Gasteiger partial charge on any atom is -0.489 e. The molecule has 4 rings (SSSR count). The highest BCUT2D eigenvalue weighted by Crippen LogP contribution is 2.42. The maximum Gasteiger partial charge on any atom is 0.330 e. The van der Waals surface area contributed by atoms with Crippen LogP contribution in [0.15, 0.2) is 79.9 Å². The van der Waals surface area contributed by atoms with E-state index in [2.05, 4.69) is 13.2 Å². The first kappa shape index (κ1) is 25.2. The number of benzene rings is 3. The zero-order chi connectivity index (χ0) is 26.4. The van der Waals surface area contributed by atoms with E-state index in [0.717, 1.165) is 17.1 Å². The molecule has 0 fully saturated rings. The van der Waals surface area contributed by atoms with Gasteiger partial charge in [-0.15, -0.1) is 0 Å². The van der Waals surface area contributed by atoms with E-state index < -0.39 is 23.8 Å². The number of esters is 2. The fourth-order valence-electron chi connectivity index (χ4n) is 3.88. The largest absolute Gasteiger partial charge is 0.489 e. The summed E-state index contributed by atoms with van der Waals surface area (Å²) in [6, 6.07) is 15.0. The van der Waals surface area contributed by atoms with Crippen LogP contribution in [0, 0.1) is 0 Å². The Balaban J connectivity index is 1.72. The van der Waals surface area contributed by atoms with Crippen LogP contribution in [0.3, 0.4) is 0 Å². The number of para-hydroxylation sites is 1. The number of anilines is 1. The molecule has 0 bridgehead atoms. The van der Waals surface area contributed by atoms with Crippen LogP contribution in [0.4, 0.5) is 5.69 Å². The molecular formula is C28H23NO8. The van der Waals surface area contributed by atoms with Gasteiger partial charge in [0.15, 0.2) is 0 Å². The monoisotopic (exact) mass is 501 g/mol. The molecule has 0 N–H and O–H groups in total. The van der Waals surface area contributed by atoms with Crippen molar-refractivity contribution in [3.05, 3.63) is 91.0 Å². The van der Waals surface area contributed by atoms with Crippen molar-refractivity contribution < 1.29 is 38.1 Å². The number of carbonyl (C=O) groups excluding carboxylic acids is 4. The standard InChI is InChI=1S/C28H23NO8/c1-3-23(30)36-16-14-34-21-12-10-19-25-20(28(33)29(27(19)32)18-8-6-5-7-9-18)11-13-22(26(21)25)35-15-17-37-24(31)4-2/h3-13H,1-2,14-17H2. The molecule has 0 aliphatic carbocycles. The van der Waals surface area contributed by atoms with Crippen molar-refractivity contribution in [3.8, 4) is 11.5 Å². The number of hydrogen-bond donors (Lipinski definition) is 0. The van der Waals surface area contributed by atoms with Crippen molar-refractivity contribution >= 4 is 40.2 Å². The second kappa shape index (κ2) is 11.2. The minimum atomic E-state index is -0.587. The molecule has 3 aromatic rings. The highest BCUT2D eigenvalue weighted by Gasteiger charge is 2.35. The zero-order valence-corrected chi connectivity index (χ0v) is 19.8. The minimum absolute atomic E-state index is 0.00662. The molecule has 0 unspecified atom stereocenters. The molecule has 9 heteroatoms. The third-order valence-electron chi connectivity index (χ3n) is 5.47. The Morgan fingerprint density at radius 3 is 1.62 bits per heavy atom. The molecule has 0 spiro atoms. The summed E-state index contributed by atoms with van der Waals surface area (Å²) in [5, 5.41) is 0.776. The normalized spacial score (nSPS) is 12.2. The predicted octanol–water partition coefficient (Wildman–Crippen LogP) is 3.86. The molecule has 37 heavy (non-hydrogen) atoms. The van der Waals surface area contributed by atoms with Gasteiger partial charge in [-0.1, -0.05) is 31.4 Å². The second-order valence-electron chi connectivity index (χ2n) is 7.69. The van der Waals surface area contributed by atoms with Crippen molar-refractivity contribution in [3.63, 3.8) is 0 Å². The molecule has 0 saturated carbocycles. The van der Waals surface area contributed by atoms with Crippen molar-refractivity contribution in [2.24, 2.45) is 0 Å². The average molecular weight is 501 g/mol. The van der Waals surface area contributed by atoms with E-state index in [1.165, 1.54) is 0 Å². The molecule has 9 nitrogen and oxygen atoms in total. The number of hydrogen-bond acceptors (Lipinski definition) is 8. The van der Waals surface area contributed by atoms with Gasteiger partial charge in [-0.05, 0) is 36.4 Å². The first-order valence-corrected chi connectivity index (χ1v) is 11.3. The summed E-state index contributed by atoms with van der Waals surface area (Å²) in [4.78, 5) is 50.7. The van der Waals surface area contributed by atoms with E-state index in [4.69, 9.17) is 18.9 Å². The third kappa shape index (κ3) is 5.20. The molecule has 1 aliphatic heterocycles. The lowest BCUT2D eigenvalue weighted by Gasteiger charge is -2.28. The first-order valence-electron chi connectivity index (χ1n) is 11.3. The highest BCUT2D eigenvalue weighted by atomic mass is 16.6. The highest BCUT2D eigenvalue weighted by molar-refractivity contribution is 6.36. The van der Waals surface area contributed by atoms with Crippen molar-refractivity contribution in [1.82, 2.24) is 0 Å². The molecule has 1 heterocycles. The van der Waals surface area contributed by atoms with Gasteiger partial charge in [0.05, 0.1) is 11.1 Å². The Morgan fingerprint density at radius 2 is 1.16 bits per heavy atom. The summed E-state index contributed by atoms with van der Waals surface area (Å²) in [6.45, 7) is 6.62. The smallest absolute Gasteiger partial charge is 0.330 e. The van der Waals surface area contributed by atoms with Crippen molar-refractivity contribution in [2.75, 3.05) is 31.3 Å². The molecule has 1 aliphatic rings. The summed E-state index contributed by atoms with van der Waals surface area (Å²) in [7, 11) is 0. The van der Waals surface area contributed by atoms with Crippen LogP contribution in [0.5, 0.6) is 11.5 Å². The Morgan fingerprint density at radius 1 is 0.676 bits per heavy atom. The van der Waals surface area contributed by atoms with Gasteiger partial charge in [0.25, 0.3) is 11.8 Å². The zero-order valence-electron chi connectivity index (χ0n) is 19.8. The average Bonchev–Trinajstić information content (AvgIpc) is 2.92. The Hall–Kier alpha value is -4.92. The quantitative estimate of drug-likeness (QED) is 0.169. The fraction of sp³-hybridized carbons (Fsp3) is 0.143. The van der Waals surface area contributed by atoms with Crippen LogP contribution < -0.4 is 14.4 Å². The number of amides is 2. The number of rotatable bonds is 11. The summed E-state index contributed by atoms with van der Waals surface area (Å²) >= 11 is 0. The molecule has 3 aromatic carbocycles. The van der Waals surface area contributed by atoms with Gasteiger partial charge in [0.1, 0.15) is 37.9 Å². The van der Waals surface area contributed by atoms with E-state index >= 15 is 0 Å². The number of nitrogens with zero attached hydrogens (tertiary/aromatic N) is 1. The maximum atomic E-state index is 13.5. The van der Waals surface area contributed by atoms with Gasteiger partial charge in [-0.3, -0.25) is 9.59 Å². The lowest BCUT2D eigenvalue weighted by molar-refractivity contribution is -0.139. The molecular weight excluding hydrogens is 478 g/mol. The van der Waals surface area contributed by atoms with Gasteiger partial charge in [-0.25, -0.2) is 14.5 Å². The molecule has 0 aromatic heterocycles. The Kier molecular flexibility index (Phi) is 7.63. The van der Waals surface area contributed by atoms with Gasteiger partial charge in [-0.2, -0.15) is 0 Å². The van der Waals surface area contributed by atoms with Gasteiger partial charge in [0.2, 0.25) is 0 Å². The van der Waals surface area contributed by atoms with E-state index in [0.29, 0.717) is 39.1 Å². The van der Waals surface area contributed by atoms with Crippen molar-refractivity contribution in [2.45, 2.75) is 0 Å². The maximum absolute atomic E-state index is 13.5. The van der Waals surface area contributed by atoms with Crippen LogP contribution in [-0.4, -0.2) is 50.2 Å². The van der Waals surface area contributed by atoms with E-state index in [-0.39, 0.29) is 26.4 Å². The van der Waals surface area contributed by atoms with Crippen LogP contribution in [0.2, 0.25) is 0 Å². The summed E-state index contributed by atoms with van der Waals surface area (Å²) in [5.41, 5.74) is 1.04. The molecule has 0 radical (unpaired) electrons. The van der Waals surface area contributed by atoms with Gasteiger partial charge >= 0.3 is 11.9 Å². The number of imide groups is 1. The molecule has 2 amide bonds. The number of ether oxygens (including phenoxy) is 4. The van der Waals surface area contributed by atoms with Gasteiger partial charge in [0, 0.05) is 28.7 Å². The Labute approximate surface area is 212 Å². The topological polar surface area (TPSA) is 108 Å². The van der Waals surface area contributed by atoms with Crippen LogP contribution in [0.1, 0.15) is 20.7 Å². The van der Waals surface area contributed by atoms with Crippen LogP contribution >= 0.6 is 0 Å². The summed E-state index contributed by atoms with van der Waals surface area (Å²) < 4.78 is 21.6. The SMILES string of the molecule is C=CC(=O)OCCOc1ccc2c3c(ccc(OCCOC(=O)C=C)c13)C(=O)N(c1ccccc1)C2=O. The molecule has 0 atom stereocenters. The van der Waals surface area contributed by atoms with Crippen molar-refractivity contribution in [1.29, 1.82) is 0 Å². The first-order chi connectivity index (χ1) is 18.0. The van der Waals surface area contributed by atoms with Crippen LogP contribution in [-0.2, 0) is 19.1 Å². The van der Waals surface area contributed by atoms with E-state index in [9.17, 15) is 19.2 Å². The van der Waals surface area contributed by atoms with E-state index in [1.54, 1.807) is 54.6 Å². The lowest BCUT2D eigenvalue weighted by atomic mass is 9.92. The van der Waals surface area contributed by atoms with Gasteiger partial charge < -0.3 is 18.9 Å². The molecule has 0 saturated heterocycles. The lowest BCUT2D eigenvalue weighted by Crippen LogP contribution is -2.40. The third-order valence-corrected chi connectivity index (χ3v) is 5.47. The number of carbonyl (C=O) groups is 4. The van der Waals surface area contributed by atoms with E-state index in [1.807, 2.05) is 0 Å². The molecule has 188 valence electrons. The Bertz CT molecular complexity index is 1310. The predicted molar refractivity (Wildman–Crippen MR) is 135 cm³/mol. The summed E-state index contributed by atoms with van der Waals surface area (Å²) in [5.74, 6) is -1.51. The second-order valence-corrected chi connectivity index (χ2v) is 7.69. The van der Waals surface area contributed by atoms with Crippen LogP contribution in [0.25, 0.3) is 10.8 Å². The summed E-state index contributed by atoms with van der Waals surface area (Å²) in [6.07, 6.45) is 2.09. The fourth-order valence-corrected chi connectivity index (χ4v) is 3.88.